The highest BCUT2D eigenvalue weighted by molar-refractivity contribution is 7.89. The molecule has 2 N–H and O–H groups in total. The first kappa shape index (κ1) is 16.8. The monoisotopic (exact) mass is 371 g/mol. The molecule has 1 aromatic heterocycles. The number of H-pyrrole nitrogens is 1. The second-order valence-electron chi connectivity index (χ2n) is 5.42. The summed E-state index contributed by atoms with van der Waals surface area (Å²) in [5.41, 5.74) is 0.332. The van der Waals surface area contributed by atoms with Crippen molar-refractivity contribution in [3.8, 4) is 11.4 Å². The summed E-state index contributed by atoms with van der Waals surface area (Å²) >= 11 is 6.08. The third-order valence-corrected chi connectivity index (χ3v) is 6.09. The molecule has 3 rings (SSSR count). The Morgan fingerprint density at radius 2 is 2.21 bits per heavy atom. The van der Waals surface area contributed by atoms with E-state index < -0.39 is 21.9 Å². The van der Waals surface area contributed by atoms with E-state index in [2.05, 4.69) is 20.6 Å². The molecule has 0 amide bonds. The van der Waals surface area contributed by atoms with Crippen LogP contribution in [0.1, 0.15) is 12.8 Å². The van der Waals surface area contributed by atoms with Crippen molar-refractivity contribution in [1.82, 2.24) is 24.9 Å². The van der Waals surface area contributed by atoms with E-state index >= 15 is 0 Å². The van der Waals surface area contributed by atoms with Crippen molar-refractivity contribution in [3.63, 3.8) is 0 Å². The first-order valence-corrected chi connectivity index (χ1v) is 8.97. The Kier molecular flexibility index (Phi) is 4.52. The van der Waals surface area contributed by atoms with Gasteiger partial charge < -0.3 is 5.11 Å². The molecule has 0 radical (unpaired) electrons. The second-order valence-corrected chi connectivity index (χ2v) is 7.76. The van der Waals surface area contributed by atoms with Crippen molar-refractivity contribution in [2.75, 3.05) is 13.1 Å². The van der Waals surface area contributed by atoms with Crippen molar-refractivity contribution in [3.05, 3.63) is 23.2 Å². The Morgan fingerprint density at radius 3 is 2.88 bits per heavy atom. The first-order valence-electron chi connectivity index (χ1n) is 7.16. The minimum Gasteiger partial charge on any atom is -0.481 e. The smallest absolute Gasteiger partial charge is 0.307 e. The maximum Gasteiger partial charge on any atom is 0.307 e. The summed E-state index contributed by atoms with van der Waals surface area (Å²) in [6.07, 6.45) is 0.970. The van der Waals surface area contributed by atoms with Crippen LogP contribution in [0.5, 0.6) is 0 Å². The molecular weight excluding hydrogens is 358 g/mol. The number of aromatic nitrogens is 4. The molecule has 1 unspecified atom stereocenters. The largest absolute Gasteiger partial charge is 0.481 e. The molecule has 0 saturated carbocycles. The number of nitrogens with one attached hydrogen (secondary N) is 1. The van der Waals surface area contributed by atoms with Crippen LogP contribution in [-0.2, 0) is 14.8 Å². The minimum atomic E-state index is -3.83. The fourth-order valence-corrected chi connectivity index (χ4v) is 4.38. The Labute approximate surface area is 142 Å². The number of aliphatic carboxylic acids is 1. The standard InChI is InChI=1S/C13H14ClN5O4S/c14-11-4-3-9(6-10(11)12-15-17-18-16-12)24(22,23)19-5-1-2-8(7-19)13(20)21/h3-4,6,8H,1-2,5,7H2,(H,20,21)(H,15,16,17,18). The molecule has 2 heterocycles. The van der Waals surface area contributed by atoms with Gasteiger partial charge in [-0.1, -0.05) is 11.6 Å². The number of halogens is 1. The number of hydrogen-bond donors (Lipinski definition) is 2. The number of aromatic amines is 1. The van der Waals surface area contributed by atoms with E-state index in [1.54, 1.807) is 0 Å². The fraction of sp³-hybridized carbons (Fsp3) is 0.385. The van der Waals surface area contributed by atoms with Gasteiger partial charge in [0.15, 0.2) is 0 Å². The topological polar surface area (TPSA) is 129 Å². The zero-order chi connectivity index (χ0) is 17.3. The Hall–Kier alpha value is -2.04. The third-order valence-electron chi connectivity index (χ3n) is 3.90. The van der Waals surface area contributed by atoms with Gasteiger partial charge in [-0.3, -0.25) is 4.79 Å². The van der Waals surface area contributed by atoms with Crippen molar-refractivity contribution < 1.29 is 18.3 Å². The fourth-order valence-electron chi connectivity index (χ4n) is 2.62. The lowest BCUT2D eigenvalue weighted by Gasteiger charge is -2.29. The van der Waals surface area contributed by atoms with Crippen LogP contribution in [0.15, 0.2) is 23.1 Å². The third kappa shape index (κ3) is 3.12. The van der Waals surface area contributed by atoms with Gasteiger partial charge in [-0.05, 0) is 36.3 Å². The molecule has 1 aromatic carbocycles. The molecule has 2 aromatic rings. The molecule has 0 aliphatic carbocycles. The zero-order valence-electron chi connectivity index (χ0n) is 12.4. The predicted molar refractivity (Wildman–Crippen MR) is 83.7 cm³/mol. The highest BCUT2D eigenvalue weighted by Gasteiger charge is 2.33. The molecular formula is C13H14ClN5O4S. The van der Waals surface area contributed by atoms with Crippen molar-refractivity contribution in [1.29, 1.82) is 0 Å². The predicted octanol–water partition coefficient (Wildman–Crippen LogP) is 1.01. The van der Waals surface area contributed by atoms with Crippen LogP contribution in [-0.4, -0.2) is 57.5 Å². The Bertz CT molecular complexity index is 855. The molecule has 128 valence electrons. The van der Waals surface area contributed by atoms with Crippen molar-refractivity contribution >= 4 is 27.6 Å². The first-order chi connectivity index (χ1) is 11.4. The van der Waals surface area contributed by atoms with E-state index in [1.807, 2.05) is 0 Å². The summed E-state index contributed by atoms with van der Waals surface area (Å²) < 4.78 is 26.8. The van der Waals surface area contributed by atoms with Gasteiger partial charge in [-0.2, -0.15) is 9.52 Å². The number of benzene rings is 1. The number of carbonyl (C=O) groups is 1. The van der Waals surface area contributed by atoms with Crippen LogP contribution in [0, 0.1) is 5.92 Å². The van der Waals surface area contributed by atoms with Crippen LogP contribution >= 0.6 is 11.6 Å². The maximum atomic E-state index is 12.8. The quantitative estimate of drug-likeness (QED) is 0.820. The Morgan fingerprint density at radius 1 is 1.42 bits per heavy atom. The van der Waals surface area contributed by atoms with Crippen LogP contribution in [0.2, 0.25) is 5.02 Å². The van der Waals surface area contributed by atoms with Gasteiger partial charge in [-0.15, -0.1) is 10.2 Å². The number of nitrogens with zero attached hydrogens (tertiary/aromatic N) is 4. The maximum absolute atomic E-state index is 12.8. The van der Waals surface area contributed by atoms with Gasteiger partial charge in [0.25, 0.3) is 0 Å². The lowest BCUT2D eigenvalue weighted by atomic mass is 10.0. The molecule has 0 spiro atoms. The number of sulfonamides is 1. The van der Waals surface area contributed by atoms with E-state index in [-0.39, 0.29) is 28.8 Å². The summed E-state index contributed by atoms with van der Waals surface area (Å²) in [6.45, 7) is 0.240. The van der Waals surface area contributed by atoms with Crippen LogP contribution in [0.4, 0.5) is 0 Å². The average molecular weight is 372 g/mol. The molecule has 11 heteroatoms. The molecule has 1 aliphatic rings. The van der Waals surface area contributed by atoms with Gasteiger partial charge in [0.1, 0.15) is 0 Å². The lowest BCUT2D eigenvalue weighted by molar-refractivity contribution is -0.142. The van der Waals surface area contributed by atoms with Crippen LogP contribution < -0.4 is 0 Å². The van der Waals surface area contributed by atoms with Crippen LogP contribution in [0.25, 0.3) is 11.4 Å². The van der Waals surface area contributed by atoms with Gasteiger partial charge in [-0.25, -0.2) is 8.42 Å². The summed E-state index contributed by atoms with van der Waals surface area (Å²) in [6, 6.07) is 4.19. The summed E-state index contributed by atoms with van der Waals surface area (Å²) in [5.74, 6) is -1.50. The van der Waals surface area contributed by atoms with E-state index in [0.29, 0.717) is 18.4 Å². The zero-order valence-corrected chi connectivity index (χ0v) is 14.0. The van der Waals surface area contributed by atoms with E-state index in [0.717, 1.165) is 0 Å². The average Bonchev–Trinajstić information content (AvgIpc) is 3.09. The molecule has 1 fully saturated rings. The second kappa shape index (κ2) is 6.46. The summed E-state index contributed by atoms with van der Waals surface area (Å²) in [7, 11) is -3.83. The highest BCUT2D eigenvalue weighted by Crippen LogP contribution is 2.30. The van der Waals surface area contributed by atoms with Gasteiger partial charge in [0, 0.05) is 18.7 Å². The molecule has 24 heavy (non-hydrogen) atoms. The number of carboxylic acid groups (broad SMARTS) is 1. The van der Waals surface area contributed by atoms with E-state index in [1.165, 1.54) is 22.5 Å². The van der Waals surface area contributed by atoms with Crippen molar-refractivity contribution in [2.45, 2.75) is 17.7 Å². The summed E-state index contributed by atoms with van der Waals surface area (Å²) in [5, 5.41) is 22.7. The summed E-state index contributed by atoms with van der Waals surface area (Å²) in [4.78, 5) is 11.2. The molecule has 1 saturated heterocycles. The number of tetrazole rings is 1. The molecule has 1 atom stereocenters. The highest BCUT2D eigenvalue weighted by atomic mass is 35.5. The van der Waals surface area contributed by atoms with E-state index in [4.69, 9.17) is 16.7 Å². The molecule has 9 nitrogen and oxygen atoms in total. The Balaban J connectivity index is 1.95. The minimum absolute atomic E-state index is 0.0118. The normalized spacial score (nSPS) is 19.3. The molecule has 0 bridgehead atoms. The van der Waals surface area contributed by atoms with E-state index in [9.17, 15) is 13.2 Å². The molecule has 1 aliphatic heterocycles. The van der Waals surface area contributed by atoms with Crippen molar-refractivity contribution in [2.24, 2.45) is 5.92 Å². The van der Waals surface area contributed by atoms with Gasteiger partial charge in [0.2, 0.25) is 15.8 Å². The lowest BCUT2D eigenvalue weighted by Crippen LogP contribution is -2.42. The van der Waals surface area contributed by atoms with Gasteiger partial charge in [0.05, 0.1) is 15.8 Å². The van der Waals surface area contributed by atoms with Gasteiger partial charge >= 0.3 is 5.97 Å². The van der Waals surface area contributed by atoms with Crippen LogP contribution in [0.3, 0.4) is 0 Å². The number of carboxylic acids is 1. The number of rotatable bonds is 4. The number of piperidine rings is 1. The SMILES string of the molecule is O=C(O)C1CCCN(S(=O)(=O)c2ccc(Cl)c(-c3nn[nH]n3)c2)C1. The number of hydrogen-bond acceptors (Lipinski definition) is 6.